The number of aromatic hydroxyl groups is 2. The first kappa shape index (κ1) is 21.7. The Kier molecular flexibility index (Phi) is 6.66. The first-order valence-corrected chi connectivity index (χ1v) is 10.6. The second-order valence-electron chi connectivity index (χ2n) is 6.99. The molecule has 156 valence electrons. The summed E-state index contributed by atoms with van der Waals surface area (Å²) < 4.78 is 0. The Hall–Kier alpha value is -3.00. The minimum absolute atomic E-state index is 0.0427. The molecule has 0 saturated heterocycles. The minimum Gasteiger partial charge on any atom is -0.507 e. The number of amides is 1. The fourth-order valence-electron chi connectivity index (χ4n) is 3.45. The molecule has 3 N–H and O–H groups in total. The molecule has 2 aromatic rings. The van der Waals surface area contributed by atoms with E-state index in [0.29, 0.717) is 13.0 Å². The lowest BCUT2D eigenvalue weighted by molar-refractivity contribution is -0.118. The van der Waals surface area contributed by atoms with Crippen LogP contribution in [0.2, 0.25) is 0 Å². The molecule has 8 heteroatoms. The molecule has 0 radical (unpaired) electrons. The van der Waals surface area contributed by atoms with E-state index in [1.807, 2.05) is 0 Å². The number of hydrogen-bond acceptors (Lipinski definition) is 6. The number of unbranched alkanes of at least 4 members (excludes halogenated alkanes) is 2. The molecule has 7 nitrogen and oxygen atoms in total. The van der Waals surface area contributed by atoms with Crippen LogP contribution in [0.1, 0.15) is 67.9 Å². The average Bonchev–Trinajstić information content (AvgIpc) is 2.73. The first-order valence-electron chi connectivity index (χ1n) is 9.49. The van der Waals surface area contributed by atoms with Gasteiger partial charge in [-0.15, -0.1) is 0 Å². The number of fused-ring (bicyclic) bond motifs is 2. The lowest BCUT2D eigenvalue weighted by Crippen LogP contribution is -2.25. The molecular formula is C22H20BrNO6. The number of nitrogens with one attached hydrogen (secondary N) is 1. The van der Waals surface area contributed by atoms with Gasteiger partial charge < -0.3 is 15.5 Å². The van der Waals surface area contributed by atoms with Crippen LogP contribution < -0.4 is 5.32 Å². The molecule has 0 atom stereocenters. The van der Waals surface area contributed by atoms with E-state index >= 15 is 0 Å². The van der Waals surface area contributed by atoms with Crippen LogP contribution in [0, 0.1) is 0 Å². The van der Waals surface area contributed by atoms with Gasteiger partial charge in [-0.1, -0.05) is 34.5 Å². The van der Waals surface area contributed by atoms with Crippen molar-refractivity contribution in [1.29, 1.82) is 0 Å². The van der Waals surface area contributed by atoms with Crippen molar-refractivity contribution in [3.63, 3.8) is 0 Å². The fourth-order valence-corrected chi connectivity index (χ4v) is 3.65. The molecule has 1 aliphatic carbocycles. The van der Waals surface area contributed by atoms with E-state index in [9.17, 15) is 29.4 Å². The molecule has 30 heavy (non-hydrogen) atoms. The van der Waals surface area contributed by atoms with Crippen molar-refractivity contribution in [2.45, 2.75) is 25.7 Å². The number of hydrogen-bond donors (Lipinski definition) is 3. The Labute approximate surface area is 181 Å². The summed E-state index contributed by atoms with van der Waals surface area (Å²) in [5, 5.41) is 23.3. The van der Waals surface area contributed by atoms with Crippen molar-refractivity contribution in [3.8, 4) is 11.5 Å². The molecule has 0 aliphatic heterocycles. The Bertz CT molecular complexity index is 1050. The van der Waals surface area contributed by atoms with Crippen molar-refractivity contribution < 1.29 is 29.4 Å². The molecule has 0 saturated carbocycles. The molecule has 0 aromatic heterocycles. The highest BCUT2D eigenvalue weighted by molar-refractivity contribution is 9.09. The number of Topliss-reactive ketones (excluding diaryl/α,β-unsaturated/α-hetero) is 1. The molecule has 0 spiro atoms. The van der Waals surface area contributed by atoms with Gasteiger partial charge in [0.25, 0.3) is 0 Å². The summed E-state index contributed by atoms with van der Waals surface area (Å²) in [4.78, 5) is 49.2. The van der Waals surface area contributed by atoms with Gasteiger partial charge in [-0.2, -0.15) is 0 Å². The maximum Gasteiger partial charge on any atom is 0.230 e. The molecule has 3 rings (SSSR count). The number of benzene rings is 2. The van der Waals surface area contributed by atoms with E-state index < -0.39 is 17.3 Å². The number of phenolic OH excluding ortho intramolecular Hbond substituents is 2. The van der Waals surface area contributed by atoms with Crippen molar-refractivity contribution in [2.75, 3.05) is 11.9 Å². The van der Waals surface area contributed by atoms with Crippen molar-refractivity contribution in [2.24, 2.45) is 0 Å². The smallest absolute Gasteiger partial charge is 0.230 e. The number of halogens is 1. The van der Waals surface area contributed by atoms with Crippen LogP contribution in [0.25, 0.3) is 0 Å². The van der Waals surface area contributed by atoms with Crippen molar-refractivity contribution in [1.82, 2.24) is 5.32 Å². The minimum atomic E-state index is -0.653. The molecular weight excluding hydrogens is 454 g/mol. The number of alkyl halides is 1. The maximum atomic E-state index is 12.8. The fraction of sp³-hybridized carbons (Fsp3) is 0.273. The Morgan fingerprint density at radius 1 is 0.900 bits per heavy atom. The molecule has 0 fully saturated rings. The van der Waals surface area contributed by atoms with Crippen LogP contribution in [0.4, 0.5) is 0 Å². The van der Waals surface area contributed by atoms with Crippen molar-refractivity contribution in [3.05, 3.63) is 58.1 Å². The Morgan fingerprint density at radius 2 is 1.63 bits per heavy atom. The number of rotatable bonds is 8. The van der Waals surface area contributed by atoms with Crippen LogP contribution >= 0.6 is 15.9 Å². The molecule has 0 unspecified atom stereocenters. The third-order valence-corrected chi connectivity index (χ3v) is 5.46. The summed E-state index contributed by atoms with van der Waals surface area (Å²) in [6.45, 7) is 0.529. The van der Waals surface area contributed by atoms with Gasteiger partial charge in [0.2, 0.25) is 11.7 Å². The van der Waals surface area contributed by atoms with E-state index in [2.05, 4.69) is 21.2 Å². The van der Waals surface area contributed by atoms with Crippen LogP contribution in [0.5, 0.6) is 11.5 Å². The molecule has 0 heterocycles. The summed E-state index contributed by atoms with van der Waals surface area (Å²) in [6.07, 6.45) is 2.26. The Balaban J connectivity index is 1.72. The van der Waals surface area contributed by atoms with Gasteiger partial charge >= 0.3 is 0 Å². The summed E-state index contributed by atoms with van der Waals surface area (Å²) in [6, 6.07) is 6.71. The third-order valence-electron chi connectivity index (χ3n) is 4.95. The number of carbonyl (C=O) groups excluding carboxylic acids is 4. The van der Waals surface area contributed by atoms with E-state index in [-0.39, 0.29) is 57.0 Å². The lowest BCUT2D eigenvalue weighted by Gasteiger charge is -2.20. The van der Waals surface area contributed by atoms with Crippen LogP contribution in [-0.4, -0.2) is 45.3 Å². The number of carbonyl (C=O) groups is 4. The van der Waals surface area contributed by atoms with E-state index in [4.69, 9.17) is 0 Å². The summed E-state index contributed by atoms with van der Waals surface area (Å²) in [7, 11) is 0. The average molecular weight is 474 g/mol. The van der Waals surface area contributed by atoms with E-state index in [1.165, 1.54) is 30.3 Å². The highest BCUT2D eigenvalue weighted by atomic mass is 79.9. The summed E-state index contributed by atoms with van der Waals surface area (Å²) >= 11 is 3.06. The lowest BCUT2D eigenvalue weighted by atomic mass is 9.82. The van der Waals surface area contributed by atoms with Gasteiger partial charge in [0.05, 0.1) is 16.5 Å². The molecule has 2 aromatic carbocycles. The second-order valence-corrected chi connectivity index (χ2v) is 7.55. The summed E-state index contributed by atoms with van der Waals surface area (Å²) in [5.41, 5.74) is -0.186. The number of ketones is 3. The van der Waals surface area contributed by atoms with Gasteiger partial charge in [0, 0.05) is 29.7 Å². The highest BCUT2D eigenvalue weighted by Crippen LogP contribution is 2.37. The predicted molar refractivity (Wildman–Crippen MR) is 113 cm³/mol. The molecule has 1 amide bonds. The summed E-state index contributed by atoms with van der Waals surface area (Å²) in [5.74, 6) is -2.31. The quantitative estimate of drug-likeness (QED) is 0.262. The van der Waals surface area contributed by atoms with Crippen LogP contribution in [-0.2, 0) is 4.79 Å². The predicted octanol–water partition coefficient (Wildman–Crippen LogP) is 3.13. The second kappa shape index (κ2) is 9.21. The van der Waals surface area contributed by atoms with Gasteiger partial charge in [0.1, 0.15) is 11.5 Å². The zero-order valence-corrected chi connectivity index (χ0v) is 17.6. The zero-order valence-electron chi connectivity index (χ0n) is 16.0. The number of phenols is 2. The molecule has 1 aliphatic rings. The monoisotopic (exact) mass is 473 g/mol. The molecule has 0 bridgehead atoms. The van der Waals surface area contributed by atoms with Gasteiger partial charge in [-0.05, 0) is 31.0 Å². The normalized spacial score (nSPS) is 12.3. The first-order chi connectivity index (χ1) is 14.3. The van der Waals surface area contributed by atoms with Crippen LogP contribution in [0.3, 0.4) is 0 Å². The van der Waals surface area contributed by atoms with Gasteiger partial charge in [0.15, 0.2) is 11.6 Å². The highest BCUT2D eigenvalue weighted by Gasteiger charge is 2.34. The van der Waals surface area contributed by atoms with Crippen LogP contribution in [0.15, 0.2) is 30.3 Å². The maximum absolute atomic E-state index is 12.8. The van der Waals surface area contributed by atoms with Gasteiger partial charge in [-0.3, -0.25) is 19.2 Å². The SMILES string of the molecule is O=C(CBr)NCCCCCC(=O)c1cc(O)c2c(c1)C(=O)c1cccc(O)c1C2=O. The standard InChI is InChI=1S/C22H20BrNO6/c23-11-18(28)24-8-3-1-2-6-15(25)12-9-14-20(17(27)10-12)22(30)19-13(21(14)29)5-4-7-16(19)26/h4-5,7,9-10,26-27H,1-3,6,8,11H2,(H,24,28). The zero-order chi connectivity index (χ0) is 21.8. The van der Waals surface area contributed by atoms with Gasteiger partial charge in [-0.25, -0.2) is 0 Å². The topological polar surface area (TPSA) is 121 Å². The third kappa shape index (κ3) is 4.28. The van der Waals surface area contributed by atoms with Crippen molar-refractivity contribution >= 4 is 39.2 Å². The Morgan fingerprint density at radius 3 is 2.37 bits per heavy atom. The largest absolute Gasteiger partial charge is 0.507 e. The van der Waals surface area contributed by atoms with E-state index in [1.54, 1.807) is 0 Å². The van der Waals surface area contributed by atoms with E-state index in [0.717, 1.165) is 12.8 Å².